The van der Waals surface area contributed by atoms with E-state index >= 15 is 0 Å². The lowest BCUT2D eigenvalue weighted by Crippen LogP contribution is -2.20. The van der Waals surface area contributed by atoms with Crippen molar-refractivity contribution in [3.05, 3.63) is 176 Å². The fourth-order valence-corrected chi connectivity index (χ4v) is 7.30. The van der Waals surface area contributed by atoms with Gasteiger partial charge in [0, 0.05) is 38.5 Å². The van der Waals surface area contributed by atoms with E-state index in [9.17, 15) is 30.6 Å². The summed E-state index contributed by atoms with van der Waals surface area (Å²) in [6.45, 7) is -0.0435. The summed E-state index contributed by atoms with van der Waals surface area (Å²) in [5, 5.41) is 67.8. The Kier molecular flexibility index (Phi) is 10.5. The van der Waals surface area contributed by atoms with Gasteiger partial charge in [-0.25, -0.2) is 0 Å². The van der Waals surface area contributed by atoms with Crippen LogP contribution >= 0.6 is 11.6 Å². The molecule has 0 saturated heterocycles. The third-order valence-electron chi connectivity index (χ3n) is 10.1. The fourth-order valence-electron chi connectivity index (χ4n) is 7.21. The van der Waals surface area contributed by atoms with Gasteiger partial charge in [0.1, 0.15) is 47.2 Å². The normalized spacial score (nSPS) is 13.5. The molecule has 6 aromatic carbocycles. The van der Waals surface area contributed by atoms with Gasteiger partial charge in [-0.1, -0.05) is 109 Å². The number of hydrogen-bond donors (Lipinski definition) is 6. The number of para-hydroxylation sites is 6. The van der Waals surface area contributed by atoms with Crippen molar-refractivity contribution in [1.82, 2.24) is 0 Å². The first-order valence-corrected chi connectivity index (χ1v) is 18.2. The van der Waals surface area contributed by atoms with Crippen LogP contribution < -0.4 is 4.74 Å². The first-order chi connectivity index (χ1) is 25.7. The van der Waals surface area contributed by atoms with Crippen molar-refractivity contribution in [3.63, 3.8) is 0 Å². The summed E-state index contributed by atoms with van der Waals surface area (Å²) >= 11 is 5.92. The smallest absolute Gasteiger partial charge is 0.126 e. The number of halogens is 1. The summed E-state index contributed by atoms with van der Waals surface area (Å²) in [4.78, 5) is 0. The number of aromatic hydroxyl groups is 5. The fraction of sp³-hybridized carbons (Fsp3) is 0.200. The highest BCUT2D eigenvalue weighted by Gasteiger charge is 2.20. The molecule has 7 nitrogen and oxygen atoms in total. The lowest BCUT2D eigenvalue weighted by atomic mass is 9.91. The minimum atomic E-state index is -0.898. The van der Waals surface area contributed by atoms with Gasteiger partial charge in [0.2, 0.25) is 0 Å². The number of aliphatic hydroxyl groups is 1. The Morgan fingerprint density at radius 2 is 0.604 bits per heavy atom. The standard InChI is InChI=1S/C45H41ClO7/c46-25-39(47)26-53-45-37-17-6-18-38(45)24-36-16-5-14-34(44(36)52)22-32-12-3-10-30(42(32)50)20-28-8-1-7-27(40(28)48)19-29-9-2-11-31(41(29)49)21-33-13-4-15-35(23-37)43(33)51/h1-18,39,47-52H,19-26H2. The summed E-state index contributed by atoms with van der Waals surface area (Å²) in [5.74, 6) is 1.01. The highest BCUT2D eigenvalue weighted by atomic mass is 35.5. The van der Waals surface area contributed by atoms with Crippen molar-refractivity contribution in [2.75, 3.05) is 12.5 Å². The molecule has 0 amide bonds. The molecule has 1 aliphatic rings. The molecule has 7 rings (SSSR count). The summed E-state index contributed by atoms with van der Waals surface area (Å²) in [7, 11) is 0. The molecule has 1 unspecified atom stereocenters. The van der Waals surface area contributed by atoms with E-state index in [2.05, 4.69) is 0 Å². The van der Waals surface area contributed by atoms with Gasteiger partial charge in [-0.2, -0.15) is 0 Å². The molecular weight excluding hydrogens is 688 g/mol. The zero-order chi connectivity index (χ0) is 37.1. The number of rotatable bonds is 4. The van der Waals surface area contributed by atoms with Gasteiger partial charge in [-0.3, -0.25) is 0 Å². The maximum Gasteiger partial charge on any atom is 0.126 e. The molecule has 0 aromatic heterocycles. The SMILES string of the molecule is Oc1c2cccc1Cc1cccc(c1O)Cc1cccc(c1O)Cc1cccc(c1OCC(O)CCl)Cc1cccc(c1O)Cc1cccc(c1O)C2. The Hall–Kier alpha value is -5.63. The van der Waals surface area contributed by atoms with Crippen LogP contribution in [0.4, 0.5) is 0 Å². The monoisotopic (exact) mass is 728 g/mol. The molecule has 6 N–H and O–H groups in total. The number of alkyl halides is 1. The Balaban J connectivity index is 1.36. The minimum absolute atomic E-state index is 0.00167. The zero-order valence-corrected chi connectivity index (χ0v) is 29.9. The predicted octanol–water partition coefficient (Wildman–Crippen LogP) is 8.05. The van der Waals surface area contributed by atoms with E-state index in [0.717, 1.165) is 11.1 Å². The summed E-state index contributed by atoms with van der Waals surface area (Å²) in [6.07, 6.45) is 0.788. The van der Waals surface area contributed by atoms with Crippen LogP contribution in [-0.4, -0.2) is 49.2 Å². The van der Waals surface area contributed by atoms with Crippen LogP contribution in [0.5, 0.6) is 34.5 Å². The van der Waals surface area contributed by atoms with E-state index in [1.165, 1.54) is 0 Å². The average molecular weight is 729 g/mol. The molecule has 1 atom stereocenters. The highest BCUT2D eigenvalue weighted by molar-refractivity contribution is 6.18. The van der Waals surface area contributed by atoms with Crippen LogP contribution in [0.25, 0.3) is 0 Å². The van der Waals surface area contributed by atoms with Gasteiger partial charge < -0.3 is 35.4 Å². The van der Waals surface area contributed by atoms with Crippen molar-refractivity contribution in [2.24, 2.45) is 0 Å². The molecule has 8 heteroatoms. The molecule has 0 aliphatic heterocycles. The van der Waals surface area contributed by atoms with Gasteiger partial charge in [0.05, 0.1) is 5.88 Å². The van der Waals surface area contributed by atoms with E-state index < -0.39 is 6.10 Å². The topological polar surface area (TPSA) is 131 Å². The Morgan fingerprint density at radius 1 is 0.396 bits per heavy atom. The maximum atomic E-state index is 11.6. The number of fused-ring (bicyclic) bond motifs is 12. The first-order valence-electron chi connectivity index (χ1n) is 17.7. The maximum absolute atomic E-state index is 11.6. The van der Waals surface area contributed by atoms with Crippen LogP contribution in [0, 0.1) is 0 Å². The van der Waals surface area contributed by atoms with Crippen LogP contribution in [0.15, 0.2) is 109 Å². The first kappa shape index (κ1) is 35.8. The Morgan fingerprint density at radius 3 is 0.830 bits per heavy atom. The van der Waals surface area contributed by atoms with E-state index in [1.807, 2.05) is 109 Å². The van der Waals surface area contributed by atoms with Crippen molar-refractivity contribution in [1.29, 1.82) is 0 Å². The minimum Gasteiger partial charge on any atom is -0.507 e. The average Bonchev–Trinajstić information content (AvgIpc) is 3.15. The zero-order valence-electron chi connectivity index (χ0n) is 29.1. The van der Waals surface area contributed by atoms with Crippen LogP contribution in [-0.2, 0) is 38.5 Å². The van der Waals surface area contributed by atoms with Crippen molar-refractivity contribution in [3.8, 4) is 34.5 Å². The van der Waals surface area contributed by atoms with Crippen molar-refractivity contribution < 1.29 is 35.4 Å². The van der Waals surface area contributed by atoms with Crippen molar-refractivity contribution in [2.45, 2.75) is 44.6 Å². The molecular formula is C45H41ClO7. The third-order valence-corrected chi connectivity index (χ3v) is 10.4. The summed E-state index contributed by atoms with van der Waals surface area (Å²) < 4.78 is 6.24. The number of phenols is 5. The molecule has 53 heavy (non-hydrogen) atoms. The lowest BCUT2D eigenvalue weighted by molar-refractivity contribution is 0.124. The van der Waals surface area contributed by atoms with Gasteiger partial charge in [0.25, 0.3) is 0 Å². The second-order valence-corrected chi connectivity index (χ2v) is 14.0. The largest absolute Gasteiger partial charge is 0.507 e. The molecule has 0 spiro atoms. The van der Waals surface area contributed by atoms with Gasteiger partial charge in [-0.15, -0.1) is 11.6 Å². The number of benzene rings is 6. The molecule has 270 valence electrons. The van der Waals surface area contributed by atoms with Crippen LogP contribution in [0.3, 0.4) is 0 Å². The van der Waals surface area contributed by atoms with E-state index in [0.29, 0.717) is 74.2 Å². The summed E-state index contributed by atoms with van der Waals surface area (Å²) in [5.41, 5.74) is 7.90. The second-order valence-electron chi connectivity index (χ2n) is 13.7. The van der Waals surface area contributed by atoms with Gasteiger partial charge in [0.15, 0.2) is 0 Å². The molecule has 0 heterocycles. The molecule has 1 aliphatic carbocycles. The van der Waals surface area contributed by atoms with Gasteiger partial charge in [-0.05, 0) is 66.8 Å². The molecule has 12 bridgehead atoms. The number of aliphatic hydroxyl groups excluding tert-OH is 1. The molecule has 0 saturated carbocycles. The van der Waals surface area contributed by atoms with E-state index in [1.54, 1.807) is 0 Å². The quantitative estimate of drug-likeness (QED) is 0.101. The van der Waals surface area contributed by atoms with Crippen molar-refractivity contribution >= 4 is 11.6 Å². The van der Waals surface area contributed by atoms with Crippen LogP contribution in [0.2, 0.25) is 0 Å². The Bertz CT molecular complexity index is 2140. The highest BCUT2D eigenvalue weighted by Crippen LogP contribution is 2.38. The molecule has 0 fully saturated rings. The number of phenolic OH excluding ortho intramolecular Hbond substituents is 5. The predicted molar refractivity (Wildman–Crippen MR) is 206 cm³/mol. The van der Waals surface area contributed by atoms with Gasteiger partial charge >= 0.3 is 0 Å². The molecule has 0 radical (unpaired) electrons. The second kappa shape index (κ2) is 15.5. The lowest BCUT2D eigenvalue weighted by Gasteiger charge is -2.19. The van der Waals surface area contributed by atoms with Crippen LogP contribution in [0.1, 0.15) is 66.8 Å². The third kappa shape index (κ3) is 7.63. The number of ether oxygens (including phenoxy) is 1. The molecule has 6 aromatic rings. The van der Waals surface area contributed by atoms with E-state index in [4.69, 9.17) is 16.3 Å². The van der Waals surface area contributed by atoms with E-state index in [-0.39, 0.29) is 66.9 Å². The number of hydrogen-bond acceptors (Lipinski definition) is 7. The Labute approximate surface area is 313 Å². The summed E-state index contributed by atoms with van der Waals surface area (Å²) in [6, 6.07) is 33.3.